The largest absolute Gasteiger partial charge is 0.462 e. The van der Waals surface area contributed by atoms with Crippen LogP contribution < -0.4 is 0 Å². The van der Waals surface area contributed by atoms with Crippen LogP contribution in [0.25, 0.3) is 6.08 Å². The van der Waals surface area contributed by atoms with Crippen LogP contribution >= 0.6 is 0 Å². The van der Waals surface area contributed by atoms with Gasteiger partial charge in [-0.25, -0.2) is 4.79 Å². The van der Waals surface area contributed by atoms with Crippen molar-refractivity contribution >= 4 is 17.8 Å². The highest BCUT2D eigenvalue weighted by atomic mass is 19.4. The Kier molecular flexibility index (Phi) is 6.09. The SMILES string of the molecule is CCOC(=O)c1c(C)[nH]c(C(=O)/C(C#N)=C/c2ccccc2C(F)(F)F)c1C. The standard InChI is InChI=1S/C20H17F3N2O3/c1-4-28-19(27)16-11(2)17(25-12(16)3)18(26)14(10-24)9-13-7-5-6-8-15(13)20(21,22)23/h5-9,25H,4H2,1-3H3/b14-9+. The third kappa shape index (κ3) is 4.14. The zero-order chi connectivity index (χ0) is 21.1. The maximum Gasteiger partial charge on any atom is 0.416 e. The minimum atomic E-state index is -4.63. The predicted molar refractivity (Wildman–Crippen MR) is 95.6 cm³/mol. The minimum absolute atomic E-state index is 0.0437. The van der Waals surface area contributed by atoms with E-state index in [9.17, 15) is 28.0 Å². The molecule has 0 aliphatic carbocycles. The highest BCUT2D eigenvalue weighted by molar-refractivity contribution is 6.15. The molecule has 0 bridgehead atoms. The topological polar surface area (TPSA) is 83.0 Å². The molecule has 0 spiro atoms. The van der Waals surface area contributed by atoms with Gasteiger partial charge < -0.3 is 9.72 Å². The van der Waals surface area contributed by atoms with Crippen molar-refractivity contribution in [1.29, 1.82) is 5.26 Å². The van der Waals surface area contributed by atoms with Crippen molar-refractivity contribution in [2.24, 2.45) is 0 Å². The van der Waals surface area contributed by atoms with E-state index in [0.29, 0.717) is 5.69 Å². The first-order chi connectivity index (χ1) is 13.1. The molecule has 1 N–H and O–H groups in total. The molecule has 2 aromatic rings. The number of nitrogens with one attached hydrogen (secondary N) is 1. The number of hydrogen-bond donors (Lipinski definition) is 1. The lowest BCUT2D eigenvalue weighted by Crippen LogP contribution is -2.09. The van der Waals surface area contributed by atoms with Crippen LogP contribution in [0.2, 0.25) is 0 Å². The smallest absolute Gasteiger partial charge is 0.416 e. The second-order valence-electron chi connectivity index (χ2n) is 5.93. The fourth-order valence-electron chi connectivity index (χ4n) is 2.81. The van der Waals surface area contributed by atoms with Crippen LogP contribution in [0.15, 0.2) is 29.8 Å². The average Bonchev–Trinajstić information content (AvgIpc) is 2.93. The fraction of sp³-hybridized carbons (Fsp3) is 0.250. The number of aromatic nitrogens is 1. The molecule has 2 rings (SSSR count). The Morgan fingerprint density at radius 2 is 1.89 bits per heavy atom. The highest BCUT2D eigenvalue weighted by Crippen LogP contribution is 2.33. The van der Waals surface area contributed by atoms with Crippen molar-refractivity contribution in [3.8, 4) is 6.07 Å². The second-order valence-corrected chi connectivity index (χ2v) is 5.93. The maximum atomic E-state index is 13.2. The lowest BCUT2D eigenvalue weighted by Gasteiger charge is -2.10. The molecule has 0 radical (unpaired) electrons. The van der Waals surface area contributed by atoms with Crippen molar-refractivity contribution < 1.29 is 27.5 Å². The van der Waals surface area contributed by atoms with Crippen LogP contribution in [0.1, 0.15) is 50.2 Å². The van der Waals surface area contributed by atoms with Gasteiger partial charge in [-0.2, -0.15) is 18.4 Å². The van der Waals surface area contributed by atoms with Gasteiger partial charge in [-0.1, -0.05) is 18.2 Å². The number of hydrogen-bond acceptors (Lipinski definition) is 4. The molecule has 0 saturated heterocycles. The van der Waals surface area contributed by atoms with Gasteiger partial charge >= 0.3 is 12.1 Å². The number of carbonyl (C=O) groups excluding carboxylic acids is 2. The number of ketones is 1. The Morgan fingerprint density at radius 3 is 2.46 bits per heavy atom. The molecule has 1 heterocycles. The Bertz CT molecular complexity index is 995. The Hall–Kier alpha value is -3.34. The van der Waals surface area contributed by atoms with E-state index in [0.717, 1.165) is 12.1 Å². The number of rotatable bonds is 5. The number of alkyl halides is 3. The van der Waals surface area contributed by atoms with Crippen molar-refractivity contribution in [3.63, 3.8) is 0 Å². The van der Waals surface area contributed by atoms with Gasteiger partial charge in [0.05, 0.1) is 23.4 Å². The number of carbonyl (C=O) groups is 2. The van der Waals surface area contributed by atoms with Crippen molar-refractivity contribution in [3.05, 3.63) is 63.5 Å². The van der Waals surface area contributed by atoms with E-state index < -0.39 is 29.1 Å². The molecule has 8 heteroatoms. The fourth-order valence-corrected chi connectivity index (χ4v) is 2.81. The zero-order valence-electron chi connectivity index (χ0n) is 15.4. The molecule has 0 unspecified atom stereocenters. The third-order valence-corrected chi connectivity index (χ3v) is 4.08. The van der Waals surface area contributed by atoms with Crippen LogP contribution in [0.5, 0.6) is 0 Å². The molecule has 5 nitrogen and oxygen atoms in total. The van der Waals surface area contributed by atoms with Gasteiger partial charge in [0.25, 0.3) is 0 Å². The number of halogens is 3. The maximum absolute atomic E-state index is 13.2. The van der Waals surface area contributed by atoms with E-state index in [4.69, 9.17) is 4.74 Å². The molecular weight excluding hydrogens is 373 g/mol. The molecule has 1 aromatic carbocycles. The third-order valence-electron chi connectivity index (χ3n) is 4.08. The normalized spacial score (nSPS) is 11.8. The Labute approximate surface area is 159 Å². The Morgan fingerprint density at radius 1 is 1.25 bits per heavy atom. The summed E-state index contributed by atoms with van der Waals surface area (Å²) >= 11 is 0. The van der Waals surface area contributed by atoms with E-state index in [1.165, 1.54) is 25.1 Å². The predicted octanol–water partition coefficient (Wildman–Crippen LogP) is 4.62. The average molecular weight is 390 g/mol. The molecule has 28 heavy (non-hydrogen) atoms. The summed E-state index contributed by atoms with van der Waals surface area (Å²) in [5.41, 5.74) is -0.987. The van der Waals surface area contributed by atoms with Crippen molar-refractivity contribution in [1.82, 2.24) is 4.98 Å². The minimum Gasteiger partial charge on any atom is -0.462 e. The summed E-state index contributed by atoms with van der Waals surface area (Å²) in [5, 5.41) is 9.35. The number of nitrogens with zero attached hydrogens (tertiary/aromatic N) is 1. The molecule has 0 aliphatic rings. The number of aromatic amines is 1. The van der Waals surface area contributed by atoms with Gasteiger partial charge in [-0.3, -0.25) is 4.79 Å². The molecule has 1 aromatic heterocycles. The van der Waals surface area contributed by atoms with E-state index in [1.807, 2.05) is 0 Å². The molecule has 0 amide bonds. The summed E-state index contributed by atoms with van der Waals surface area (Å²) in [5.74, 6) is -1.44. The molecule has 0 atom stereocenters. The second kappa shape index (κ2) is 8.13. The monoisotopic (exact) mass is 390 g/mol. The number of aryl methyl sites for hydroxylation is 1. The van der Waals surface area contributed by atoms with Crippen LogP contribution in [-0.2, 0) is 10.9 Å². The molecular formula is C20H17F3N2O3. The highest BCUT2D eigenvalue weighted by Gasteiger charge is 2.33. The first-order valence-corrected chi connectivity index (χ1v) is 8.30. The van der Waals surface area contributed by atoms with Crippen LogP contribution in [0, 0.1) is 25.2 Å². The summed E-state index contributed by atoms with van der Waals surface area (Å²) < 4.78 is 44.4. The van der Waals surface area contributed by atoms with Gasteiger partial charge in [0.2, 0.25) is 5.78 Å². The molecule has 0 fully saturated rings. The molecule has 0 saturated carbocycles. The number of benzene rings is 1. The number of nitriles is 1. The number of esters is 1. The van der Waals surface area contributed by atoms with Crippen LogP contribution in [0.4, 0.5) is 13.2 Å². The lowest BCUT2D eigenvalue weighted by atomic mass is 10.00. The van der Waals surface area contributed by atoms with Gasteiger partial charge in [-0.05, 0) is 44.0 Å². The number of Topliss-reactive ketones (excluding diaryl/α,β-unsaturated/α-hetero) is 1. The van der Waals surface area contributed by atoms with Gasteiger partial charge in [0.15, 0.2) is 0 Å². The number of H-pyrrole nitrogens is 1. The first-order valence-electron chi connectivity index (χ1n) is 8.30. The van der Waals surface area contributed by atoms with Gasteiger partial charge in [0.1, 0.15) is 11.6 Å². The van der Waals surface area contributed by atoms with Gasteiger partial charge in [-0.15, -0.1) is 0 Å². The van der Waals surface area contributed by atoms with Crippen molar-refractivity contribution in [2.45, 2.75) is 26.9 Å². The van der Waals surface area contributed by atoms with Gasteiger partial charge in [0, 0.05) is 5.69 Å². The van der Waals surface area contributed by atoms with E-state index >= 15 is 0 Å². The van der Waals surface area contributed by atoms with Crippen LogP contribution in [-0.4, -0.2) is 23.3 Å². The number of ether oxygens (including phenoxy) is 1. The van der Waals surface area contributed by atoms with Crippen molar-refractivity contribution in [2.75, 3.05) is 6.61 Å². The molecule has 0 aliphatic heterocycles. The first kappa shape index (κ1) is 21.0. The summed E-state index contributed by atoms with van der Waals surface area (Å²) in [6.45, 7) is 4.84. The van der Waals surface area contributed by atoms with E-state index in [-0.39, 0.29) is 29.0 Å². The zero-order valence-corrected chi connectivity index (χ0v) is 15.4. The summed E-state index contributed by atoms with van der Waals surface area (Å²) in [7, 11) is 0. The summed E-state index contributed by atoms with van der Waals surface area (Å²) in [6.07, 6.45) is -3.74. The van der Waals surface area contributed by atoms with E-state index in [1.54, 1.807) is 19.9 Å². The Balaban J connectivity index is 2.52. The summed E-state index contributed by atoms with van der Waals surface area (Å²) in [4.78, 5) is 27.5. The summed E-state index contributed by atoms with van der Waals surface area (Å²) in [6, 6.07) is 6.28. The van der Waals surface area contributed by atoms with E-state index in [2.05, 4.69) is 4.98 Å². The quantitative estimate of drug-likeness (QED) is 0.350. The lowest BCUT2D eigenvalue weighted by molar-refractivity contribution is -0.137. The van der Waals surface area contributed by atoms with Crippen LogP contribution in [0.3, 0.4) is 0 Å². The number of allylic oxidation sites excluding steroid dienone is 1. The molecule has 146 valence electrons.